The molecule has 0 aliphatic heterocycles. The Morgan fingerprint density at radius 1 is 1.07 bits per heavy atom. The van der Waals surface area contributed by atoms with E-state index in [1.807, 2.05) is 0 Å². The van der Waals surface area contributed by atoms with E-state index in [1.165, 1.54) is 14.0 Å². The van der Waals surface area contributed by atoms with Crippen molar-refractivity contribution >= 4 is 17.7 Å². The van der Waals surface area contributed by atoms with Gasteiger partial charge in [0.2, 0.25) is 0 Å². The van der Waals surface area contributed by atoms with E-state index in [0.717, 1.165) is 32.1 Å². The summed E-state index contributed by atoms with van der Waals surface area (Å²) in [7, 11) is 1.35. The molecule has 4 aliphatic rings. The van der Waals surface area contributed by atoms with E-state index >= 15 is 0 Å². The van der Waals surface area contributed by atoms with Crippen molar-refractivity contribution in [2.24, 2.45) is 34.5 Å². The highest BCUT2D eigenvalue weighted by Crippen LogP contribution is 2.68. The number of ether oxygens (including phenoxy) is 2. The number of rotatable bonds is 2. The normalized spacial score (nSPS) is 48.9. The van der Waals surface area contributed by atoms with E-state index in [-0.39, 0.29) is 41.1 Å². The molecule has 6 nitrogen and oxygen atoms in total. The maximum atomic E-state index is 13.5. The van der Waals surface area contributed by atoms with E-state index in [2.05, 4.69) is 6.92 Å². The maximum absolute atomic E-state index is 13.5. The number of Topliss-reactive ketones (excluding diaryl/α,β-unsaturated/α-hetero) is 1. The molecule has 29 heavy (non-hydrogen) atoms. The van der Waals surface area contributed by atoms with Gasteiger partial charge in [0.05, 0.1) is 24.0 Å². The quantitative estimate of drug-likeness (QED) is 0.709. The van der Waals surface area contributed by atoms with Crippen molar-refractivity contribution in [1.29, 1.82) is 0 Å². The minimum absolute atomic E-state index is 0.0122. The van der Waals surface area contributed by atoms with E-state index in [4.69, 9.17) is 9.47 Å². The summed E-state index contributed by atoms with van der Waals surface area (Å²) in [6, 6.07) is 0. The molecule has 0 unspecified atom stereocenters. The first-order valence-corrected chi connectivity index (χ1v) is 11.1. The second kappa shape index (κ2) is 6.79. The fourth-order valence-electron chi connectivity index (χ4n) is 7.77. The van der Waals surface area contributed by atoms with Gasteiger partial charge in [0.15, 0.2) is 0 Å². The van der Waals surface area contributed by atoms with Gasteiger partial charge in [-0.1, -0.05) is 6.92 Å². The lowest BCUT2D eigenvalue weighted by Crippen LogP contribution is -2.66. The number of hydrogen-bond acceptors (Lipinski definition) is 6. The fourth-order valence-corrected chi connectivity index (χ4v) is 7.77. The van der Waals surface area contributed by atoms with Crippen LogP contribution in [0.2, 0.25) is 0 Å². The number of ketones is 1. The first-order valence-electron chi connectivity index (χ1n) is 11.1. The standard InChI is InChI=1S/C23H34O6/c1-13(24)29-15-7-9-21(2)14(11-15)5-6-16-18(21)12-19(25)22(3)17(20(26)28-4)8-10-23(16,22)27/h14-18,27H,5-12H2,1-4H3/t14-,15+,16+,17+,18-,21-,22-,23+/m0/s1. The Bertz CT molecular complexity index is 733. The predicted octanol–water partition coefficient (Wildman–Crippen LogP) is 3.04. The summed E-state index contributed by atoms with van der Waals surface area (Å²) >= 11 is 0. The molecule has 0 aromatic rings. The van der Waals surface area contributed by atoms with Gasteiger partial charge in [-0.3, -0.25) is 14.4 Å². The van der Waals surface area contributed by atoms with Crippen LogP contribution in [0.25, 0.3) is 0 Å². The zero-order valence-corrected chi connectivity index (χ0v) is 18.0. The summed E-state index contributed by atoms with van der Waals surface area (Å²) in [6.07, 6.45) is 5.73. The lowest BCUT2D eigenvalue weighted by atomic mass is 9.43. The van der Waals surface area contributed by atoms with Crippen molar-refractivity contribution in [2.75, 3.05) is 7.11 Å². The minimum Gasteiger partial charge on any atom is -0.469 e. The number of hydrogen-bond donors (Lipinski definition) is 1. The average Bonchev–Trinajstić information content (AvgIpc) is 2.95. The van der Waals surface area contributed by atoms with Gasteiger partial charge in [-0.05, 0) is 75.0 Å². The summed E-state index contributed by atoms with van der Waals surface area (Å²) in [5, 5.41) is 11.9. The van der Waals surface area contributed by atoms with Crippen molar-refractivity contribution in [2.45, 2.75) is 83.8 Å². The smallest absolute Gasteiger partial charge is 0.309 e. The first-order chi connectivity index (χ1) is 13.6. The van der Waals surface area contributed by atoms with Crippen LogP contribution in [0.15, 0.2) is 0 Å². The van der Waals surface area contributed by atoms with Gasteiger partial charge in [-0.25, -0.2) is 0 Å². The summed E-state index contributed by atoms with van der Waals surface area (Å²) < 4.78 is 10.5. The molecule has 0 aromatic carbocycles. The minimum atomic E-state index is -1.15. The van der Waals surface area contributed by atoms with E-state index in [1.54, 1.807) is 6.92 Å². The molecule has 0 amide bonds. The molecular formula is C23H34O6. The summed E-state index contributed by atoms with van der Waals surface area (Å²) in [4.78, 5) is 37.3. The zero-order chi connectivity index (χ0) is 21.2. The third kappa shape index (κ3) is 2.74. The van der Waals surface area contributed by atoms with Gasteiger partial charge < -0.3 is 14.6 Å². The van der Waals surface area contributed by atoms with Crippen LogP contribution in [0.3, 0.4) is 0 Å². The molecule has 4 rings (SSSR count). The predicted molar refractivity (Wildman–Crippen MR) is 105 cm³/mol. The van der Waals surface area contributed by atoms with Crippen molar-refractivity contribution in [3.63, 3.8) is 0 Å². The molecule has 0 aromatic heterocycles. The van der Waals surface area contributed by atoms with Gasteiger partial charge >= 0.3 is 11.9 Å². The molecule has 0 heterocycles. The second-order valence-electron chi connectivity index (χ2n) is 10.4. The van der Waals surface area contributed by atoms with Gasteiger partial charge in [-0.15, -0.1) is 0 Å². The molecule has 4 fully saturated rings. The van der Waals surface area contributed by atoms with Crippen molar-refractivity contribution in [3.05, 3.63) is 0 Å². The number of methoxy groups -OCH3 is 1. The molecule has 0 saturated heterocycles. The highest BCUT2D eigenvalue weighted by Gasteiger charge is 2.72. The highest BCUT2D eigenvalue weighted by molar-refractivity contribution is 5.93. The molecule has 162 valence electrons. The zero-order valence-electron chi connectivity index (χ0n) is 18.0. The lowest BCUT2D eigenvalue weighted by Gasteiger charge is -2.62. The van der Waals surface area contributed by atoms with E-state index in [0.29, 0.717) is 25.2 Å². The van der Waals surface area contributed by atoms with Crippen LogP contribution in [0, 0.1) is 34.5 Å². The Morgan fingerprint density at radius 3 is 2.45 bits per heavy atom. The number of esters is 2. The number of aliphatic hydroxyl groups is 1. The first kappa shape index (κ1) is 20.8. The summed E-state index contributed by atoms with van der Waals surface area (Å²) in [5.74, 6) is -0.635. The van der Waals surface area contributed by atoms with Crippen LogP contribution in [0.1, 0.15) is 72.1 Å². The molecule has 4 aliphatic carbocycles. The lowest BCUT2D eigenvalue weighted by molar-refractivity contribution is -0.210. The molecule has 0 bridgehead atoms. The third-order valence-corrected chi connectivity index (χ3v) is 9.47. The average molecular weight is 407 g/mol. The van der Waals surface area contributed by atoms with E-state index < -0.39 is 16.9 Å². The highest BCUT2D eigenvalue weighted by atomic mass is 16.5. The van der Waals surface area contributed by atoms with Gasteiger partial charge in [0, 0.05) is 13.3 Å². The molecular weight excluding hydrogens is 372 g/mol. The Balaban J connectivity index is 1.64. The summed E-state index contributed by atoms with van der Waals surface area (Å²) in [6.45, 7) is 5.52. The van der Waals surface area contributed by atoms with Gasteiger partial charge in [-0.2, -0.15) is 0 Å². The third-order valence-electron chi connectivity index (χ3n) is 9.47. The molecule has 4 saturated carbocycles. The van der Waals surface area contributed by atoms with Crippen LogP contribution in [0.4, 0.5) is 0 Å². The van der Waals surface area contributed by atoms with Gasteiger partial charge in [0.25, 0.3) is 0 Å². The monoisotopic (exact) mass is 406 g/mol. The molecule has 1 N–H and O–H groups in total. The summed E-state index contributed by atoms with van der Waals surface area (Å²) in [5.41, 5.74) is -2.25. The fraction of sp³-hybridized carbons (Fsp3) is 0.870. The molecule has 8 atom stereocenters. The number of fused-ring (bicyclic) bond motifs is 5. The second-order valence-corrected chi connectivity index (χ2v) is 10.4. The number of carbonyl (C=O) groups excluding carboxylic acids is 3. The Morgan fingerprint density at radius 2 is 1.79 bits per heavy atom. The van der Waals surface area contributed by atoms with Crippen LogP contribution >= 0.6 is 0 Å². The SMILES string of the molecule is COC(=O)[C@H]1CC[C@@]2(O)[C@@H]3CC[C@H]4C[C@H](OC(C)=O)CC[C@]4(C)[C@H]3CC(=O)[C@]12C. The van der Waals surface area contributed by atoms with E-state index in [9.17, 15) is 19.5 Å². The van der Waals surface area contributed by atoms with Crippen LogP contribution < -0.4 is 0 Å². The van der Waals surface area contributed by atoms with Crippen LogP contribution in [0.5, 0.6) is 0 Å². The molecule has 6 heteroatoms. The van der Waals surface area contributed by atoms with Crippen molar-refractivity contribution in [1.82, 2.24) is 0 Å². The Labute approximate surface area is 172 Å². The largest absolute Gasteiger partial charge is 0.469 e. The van der Waals surface area contributed by atoms with Crippen molar-refractivity contribution in [3.8, 4) is 0 Å². The Kier molecular flexibility index (Phi) is 4.88. The Hall–Kier alpha value is -1.43. The number of carbonyl (C=O) groups is 3. The van der Waals surface area contributed by atoms with Crippen LogP contribution in [-0.2, 0) is 23.9 Å². The topological polar surface area (TPSA) is 89.9 Å². The van der Waals surface area contributed by atoms with Crippen molar-refractivity contribution < 1.29 is 29.0 Å². The maximum Gasteiger partial charge on any atom is 0.309 e. The van der Waals surface area contributed by atoms with Crippen LogP contribution in [-0.4, -0.2) is 41.6 Å². The molecule has 0 radical (unpaired) electrons. The molecule has 0 spiro atoms. The van der Waals surface area contributed by atoms with Gasteiger partial charge in [0.1, 0.15) is 11.9 Å².